The molecule has 1 N–H and O–H groups in total. The Kier molecular flexibility index (Phi) is 6.11. The number of aromatic nitrogens is 1. The lowest BCUT2D eigenvalue weighted by molar-refractivity contribution is 0.102. The Labute approximate surface area is 164 Å². The SMILES string of the molecule is CCN(c1ccccc1)c1cc(C(=O)Nc2ccc(OC)cc2OC)ccn1. The maximum absolute atomic E-state index is 12.8. The molecule has 0 saturated heterocycles. The topological polar surface area (TPSA) is 63.7 Å². The highest BCUT2D eigenvalue weighted by Crippen LogP contribution is 2.30. The predicted molar refractivity (Wildman–Crippen MR) is 111 cm³/mol. The second-order valence-corrected chi connectivity index (χ2v) is 6.00. The second-order valence-electron chi connectivity index (χ2n) is 6.00. The Morgan fingerprint density at radius 2 is 1.82 bits per heavy atom. The summed E-state index contributed by atoms with van der Waals surface area (Å²) in [5.41, 5.74) is 2.10. The molecule has 0 unspecified atom stereocenters. The van der Waals surface area contributed by atoms with Crippen molar-refractivity contribution in [1.29, 1.82) is 0 Å². The average Bonchev–Trinajstić information content (AvgIpc) is 2.75. The van der Waals surface area contributed by atoms with Crippen LogP contribution in [0.3, 0.4) is 0 Å². The smallest absolute Gasteiger partial charge is 0.255 e. The largest absolute Gasteiger partial charge is 0.497 e. The molecule has 6 nitrogen and oxygen atoms in total. The Morgan fingerprint density at radius 3 is 2.50 bits per heavy atom. The first-order valence-electron chi connectivity index (χ1n) is 8.98. The van der Waals surface area contributed by atoms with Gasteiger partial charge in [-0.3, -0.25) is 4.79 Å². The molecule has 0 radical (unpaired) electrons. The normalized spacial score (nSPS) is 10.2. The quantitative estimate of drug-likeness (QED) is 0.656. The average molecular weight is 377 g/mol. The van der Waals surface area contributed by atoms with Crippen molar-refractivity contribution in [2.45, 2.75) is 6.92 Å². The fraction of sp³-hybridized carbons (Fsp3) is 0.182. The zero-order chi connectivity index (χ0) is 19.9. The Bertz CT molecular complexity index is 945. The van der Waals surface area contributed by atoms with E-state index in [0.717, 1.165) is 12.2 Å². The Morgan fingerprint density at radius 1 is 1.04 bits per heavy atom. The lowest BCUT2D eigenvalue weighted by Crippen LogP contribution is -2.19. The van der Waals surface area contributed by atoms with Crippen molar-refractivity contribution in [3.05, 3.63) is 72.4 Å². The molecule has 0 saturated carbocycles. The van der Waals surface area contributed by atoms with Crippen molar-refractivity contribution < 1.29 is 14.3 Å². The fourth-order valence-corrected chi connectivity index (χ4v) is 2.89. The number of nitrogens with one attached hydrogen (secondary N) is 1. The first kappa shape index (κ1) is 19.2. The Balaban J connectivity index is 1.85. The van der Waals surface area contributed by atoms with E-state index in [1.54, 1.807) is 50.7 Å². The summed E-state index contributed by atoms with van der Waals surface area (Å²) in [6, 6.07) is 18.7. The fourth-order valence-electron chi connectivity index (χ4n) is 2.89. The number of anilines is 3. The highest BCUT2D eigenvalue weighted by Gasteiger charge is 2.14. The minimum Gasteiger partial charge on any atom is -0.497 e. The second kappa shape index (κ2) is 8.90. The van der Waals surface area contributed by atoms with Crippen molar-refractivity contribution in [3.63, 3.8) is 0 Å². The molecule has 1 heterocycles. The van der Waals surface area contributed by atoms with Crippen LogP contribution in [0.1, 0.15) is 17.3 Å². The standard InChI is InChI=1S/C22H23N3O3/c1-4-25(17-8-6-5-7-9-17)21-14-16(12-13-23-21)22(26)24-19-11-10-18(27-2)15-20(19)28-3/h5-15H,4H2,1-3H3,(H,24,26). The Hall–Kier alpha value is -3.54. The molecule has 3 rings (SSSR count). The molecule has 0 atom stereocenters. The summed E-state index contributed by atoms with van der Waals surface area (Å²) in [6.45, 7) is 2.78. The number of carbonyl (C=O) groups excluding carboxylic acids is 1. The summed E-state index contributed by atoms with van der Waals surface area (Å²) in [4.78, 5) is 19.3. The van der Waals surface area contributed by atoms with Crippen LogP contribution in [0.15, 0.2) is 66.9 Å². The molecule has 0 aliphatic rings. The van der Waals surface area contributed by atoms with Gasteiger partial charge < -0.3 is 19.7 Å². The van der Waals surface area contributed by atoms with Gasteiger partial charge in [-0.1, -0.05) is 18.2 Å². The van der Waals surface area contributed by atoms with Crippen LogP contribution < -0.4 is 19.7 Å². The number of methoxy groups -OCH3 is 2. The molecule has 1 aromatic heterocycles. The number of benzene rings is 2. The van der Waals surface area contributed by atoms with Gasteiger partial charge in [-0.2, -0.15) is 0 Å². The van der Waals surface area contributed by atoms with E-state index in [9.17, 15) is 4.79 Å². The van der Waals surface area contributed by atoms with Gasteiger partial charge in [0.05, 0.1) is 19.9 Å². The van der Waals surface area contributed by atoms with Crippen molar-refractivity contribution in [2.24, 2.45) is 0 Å². The maximum Gasteiger partial charge on any atom is 0.255 e. The molecule has 2 aromatic carbocycles. The molecule has 0 bridgehead atoms. The number of carbonyl (C=O) groups is 1. The zero-order valence-corrected chi connectivity index (χ0v) is 16.2. The van der Waals surface area contributed by atoms with Crippen LogP contribution in [-0.2, 0) is 0 Å². The van der Waals surface area contributed by atoms with Crippen molar-refractivity contribution >= 4 is 23.1 Å². The molecule has 3 aromatic rings. The molecule has 6 heteroatoms. The van der Waals surface area contributed by atoms with Gasteiger partial charge in [0, 0.05) is 30.1 Å². The van der Waals surface area contributed by atoms with Crippen LogP contribution in [0.5, 0.6) is 11.5 Å². The number of rotatable bonds is 7. The van der Waals surface area contributed by atoms with Crippen molar-refractivity contribution in [3.8, 4) is 11.5 Å². The van der Waals surface area contributed by atoms with Crippen LogP contribution in [0.2, 0.25) is 0 Å². The lowest BCUT2D eigenvalue weighted by Gasteiger charge is -2.22. The molecule has 0 aliphatic heterocycles. The van der Waals surface area contributed by atoms with Crippen LogP contribution in [0.4, 0.5) is 17.2 Å². The zero-order valence-electron chi connectivity index (χ0n) is 16.2. The number of para-hydroxylation sites is 1. The first-order chi connectivity index (χ1) is 13.7. The number of pyridine rings is 1. The summed E-state index contributed by atoms with van der Waals surface area (Å²) >= 11 is 0. The van der Waals surface area contributed by atoms with Gasteiger partial charge >= 0.3 is 0 Å². The van der Waals surface area contributed by atoms with E-state index in [-0.39, 0.29) is 5.91 Å². The van der Waals surface area contributed by atoms with Crippen LogP contribution in [0, 0.1) is 0 Å². The number of ether oxygens (including phenoxy) is 2. The first-order valence-corrected chi connectivity index (χ1v) is 8.98. The van der Waals surface area contributed by atoms with E-state index in [4.69, 9.17) is 9.47 Å². The number of nitrogens with zero attached hydrogens (tertiary/aromatic N) is 2. The van der Waals surface area contributed by atoms with Gasteiger partial charge in [0.15, 0.2) is 0 Å². The molecule has 144 valence electrons. The van der Waals surface area contributed by atoms with E-state index >= 15 is 0 Å². The van der Waals surface area contributed by atoms with E-state index in [2.05, 4.69) is 10.3 Å². The summed E-state index contributed by atoms with van der Waals surface area (Å²) < 4.78 is 10.5. The van der Waals surface area contributed by atoms with Gasteiger partial charge in [-0.25, -0.2) is 4.98 Å². The number of amides is 1. The summed E-state index contributed by atoms with van der Waals surface area (Å²) in [7, 11) is 3.13. The van der Waals surface area contributed by atoms with Crippen molar-refractivity contribution in [1.82, 2.24) is 4.98 Å². The summed E-state index contributed by atoms with van der Waals surface area (Å²) in [5.74, 6) is 1.66. The van der Waals surface area contributed by atoms with Crippen LogP contribution in [0.25, 0.3) is 0 Å². The molecule has 0 aliphatic carbocycles. The van der Waals surface area contributed by atoms with Crippen LogP contribution >= 0.6 is 0 Å². The minimum absolute atomic E-state index is 0.240. The van der Waals surface area contributed by atoms with E-state index in [0.29, 0.717) is 28.6 Å². The highest BCUT2D eigenvalue weighted by atomic mass is 16.5. The molecule has 1 amide bonds. The predicted octanol–water partition coefficient (Wildman–Crippen LogP) is 4.51. The number of hydrogen-bond acceptors (Lipinski definition) is 5. The minimum atomic E-state index is -0.240. The molecule has 28 heavy (non-hydrogen) atoms. The maximum atomic E-state index is 12.8. The summed E-state index contributed by atoms with van der Waals surface area (Å²) in [6.07, 6.45) is 1.64. The van der Waals surface area contributed by atoms with Crippen LogP contribution in [-0.4, -0.2) is 31.7 Å². The third kappa shape index (κ3) is 4.23. The summed E-state index contributed by atoms with van der Waals surface area (Å²) in [5, 5.41) is 2.89. The molecule has 0 fully saturated rings. The molecular weight excluding hydrogens is 354 g/mol. The van der Waals surface area contributed by atoms with Gasteiger partial charge in [0.1, 0.15) is 17.3 Å². The van der Waals surface area contributed by atoms with Gasteiger partial charge in [-0.15, -0.1) is 0 Å². The lowest BCUT2D eigenvalue weighted by atomic mass is 10.2. The number of hydrogen-bond donors (Lipinski definition) is 1. The highest BCUT2D eigenvalue weighted by molar-refractivity contribution is 6.05. The molecular formula is C22H23N3O3. The monoisotopic (exact) mass is 377 g/mol. The third-order valence-electron chi connectivity index (χ3n) is 4.33. The van der Waals surface area contributed by atoms with E-state index in [1.165, 1.54) is 0 Å². The van der Waals surface area contributed by atoms with Gasteiger partial charge in [0.2, 0.25) is 0 Å². The van der Waals surface area contributed by atoms with E-state index in [1.807, 2.05) is 42.2 Å². The molecule has 0 spiro atoms. The van der Waals surface area contributed by atoms with Gasteiger partial charge in [-0.05, 0) is 43.3 Å². The van der Waals surface area contributed by atoms with Crippen molar-refractivity contribution in [2.75, 3.05) is 31.0 Å². The third-order valence-corrected chi connectivity index (χ3v) is 4.33. The van der Waals surface area contributed by atoms with Gasteiger partial charge in [0.25, 0.3) is 5.91 Å². The van der Waals surface area contributed by atoms with E-state index < -0.39 is 0 Å².